The molecule has 8 nitrogen and oxygen atoms in total. The molecule has 4 N–H and O–H groups in total. The van der Waals surface area contributed by atoms with Crippen LogP contribution in [0.2, 0.25) is 0 Å². The lowest BCUT2D eigenvalue weighted by Crippen LogP contribution is -2.16. The zero-order valence-electron chi connectivity index (χ0n) is 13.6. The van der Waals surface area contributed by atoms with E-state index in [4.69, 9.17) is 10.5 Å². The van der Waals surface area contributed by atoms with Crippen LogP contribution < -0.4 is 20.5 Å². The van der Waals surface area contributed by atoms with Crippen LogP contribution in [0.25, 0.3) is 0 Å². The fourth-order valence-corrected chi connectivity index (χ4v) is 3.17. The Bertz CT molecular complexity index is 925. The predicted octanol–water partition coefficient (Wildman–Crippen LogP) is 1.55. The summed E-state index contributed by atoms with van der Waals surface area (Å²) in [6, 6.07) is 9.85. The molecule has 2 rings (SSSR count). The Balaban J connectivity index is 2.37. The maximum Gasteiger partial charge on any atom is 0.261 e. The molecule has 2 aromatic carbocycles. The Morgan fingerprint density at radius 2 is 1.84 bits per heavy atom. The van der Waals surface area contributed by atoms with Crippen LogP contribution in [0.1, 0.15) is 17.3 Å². The van der Waals surface area contributed by atoms with Crippen molar-refractivity contribution >= 4 is 33.2 Å². The second kappa shape index (κ2) is 7.22. The highest BCUT2D eigenvalue weighted by Crippen LogP contribution is 2.28. The summed E-state index contributed by atoms with van der Waals surface area (Å²) in [5, 5.41) is 2.51. The van der Waals surface area contributed by atoms with Crippen LogP contribution in [0.5, 0.6) is 5.75 Å². The van der Waals surface area contributed by atoms with Gasteiger partial charge in [-0.3, -0.25) is 14.3 Å². The van der Waals surface area contributed by atoms with Crippen molar-refractivity contribution < 1.29 is 22.7 Å². The third-order valence-electron chi connectivity index (χ3n) is 3.19. The molecule has 0 aliphatic carbocycles. The van der Waals surface area contributed by atoms with Crippen LogP contribution >= 0.6 is 0 Å². The van der Waals surface area contributed by atoms with Gasteiger partial charge in [0.1, 0.15) is 5.75 Å². The molecule has 132 valence electrons. The van der Waals surface area contributed by atoms with Crippen LogP contribution in [0, 0.1) is 0 Å². The van der Waals surface area contributed by atoms with Gasteiger partial charge in [-0.2, -0.15) is 0 Å². The SMILES string of the molecule is COc1ccc(S(=O)(=O)Nc2cccc(C(N)=O)c2)cc1NC(C)=O. The number of anilines is 2. The van der Waals surface area contributed by atoms with E-state index >= 15 is 0 Å². The lowest BCUT2D eigenvalue weighted by molar-refractivity contribution is -0.114. The number of carbonyl (C=O) groups is 2. The molecule has 9 heteroatoms. The fourth-order valence-electron chi connectivity index (χ4n) is 2.09. The van der Waals surface area contributed by atoms with Crippen molar-refractivity contribution in [3.63, 3.8) is 0 Å². The average Bonchev–Trinajstić information content (AvgIpc) is 2.54. The zero-order valence-corrected chi connectivity index (χ0v) is 14.4. The molecule has 0 aromatic heterocycles. The number of ether oxygens (including phenoxy) is 1. The molecule has 0 aliphatic rings. The van der Waals surface area contributed by atoms with Gasteiger partial charge in [0.2, 0.25) is 11.8 Å². The maximum absolute atomic E-state index is 12.5. The minimum absolute atomic E-state index is 0.0819. The van der Waals surface area contributed by atoms with Crippen molar-refractivity contribution in [2.45, 2.75) is 11.8 Å². The molecule has 0 saturated carbocycles. The van der Waals surface area contributed by atoms with Crippen molar-refractivity contribution in [3.8, 4) is 5.75 Å². The number of hydrogen-bond acceptors (Lipinski definition) is 5. The van der Waals surface area contributed by atoms with Crippen molar-refractivity contribution in [1.82, 2.24) is 0 Å². The molecule has 0 fully saturated rings. The molecule has 0 heterocycles. The summed E-state index contributed by atoms with van der Waals surface area (Å²) in [6.45, 7) is 1.30. The van der Waals surface area contributed by atoms with E-state index in [1.54, 1.807) is 0 Å². The minimum atomic E-state index is -3.95. The van der Waals surface area contributed by atoms with Crippen LogP contribution in [0.4, 0.5) is 11.4 Å². The molecular weight excluding hydrogens is 346 g/mol. The normalized spacial score (nSPS) is 10.8. The van der Waals surface area contributed by atoms with Crippen molar-refractivity contribution in [2.75, 3.05) is 17.1 Å². The van der Waals surface area contributed by atoms with Crippen LogP contribution in [0.15, 0.2) is 47.4 Å². The molecule has 2 aromatic rings. The summed E-state index contributed by atoms with van der Waals surface area (Å²) in [5.74, 6) is -0.710. The Morgan fingerprint density at radius 1 is 1.12 bits per heavy atom. The van der Waals surface area contributed by atoms with Gasteiger partial charge in [0, 0.05) is 18.2 Å². The number of primary amides is 1. The van der Waals surface area contributed by atoms with Crippen molar-refractivity contribution in [2.24, 2.45) is 5.73 Å². The lowest BCUT2D eigenvalue weighted by Gasteiger charge is -2.13. The number of amides is 2. The fraction of sp³-hybridized carbons (Fsp3) is 0.125. The number of hydrogen-bond donors (Lipinski definition) is 3. The van der Waals surface area contributed by atoms with Crippen LogP contribution in [-0.4, -0.2) is 27.3 Å². The molecule has 0 spiro atoms. The summed E-state index contributed by atoms with van der Waals surface area (Å²) in [6.07, 6.45) is 0. The Morgan fingerprint density at radius 3 is 2.44 bits per heavy atom. The standard InChI is InChI=1S/C16H17N3O5S/c1-10(20)18-14-9-13(6-7-15(14)24-2)25(22,23)19-12-5-3-4-11(8-12)16(17)21/h3-9,19H,1-2H3,(H2,17,21)(H,18,20). The van der Waals surface area contributed by atoms with Gasteiger partial charge in [0.05, 0.1) is 17.7 Å². The predicted molar refractivity (Wildman–Crippen MR) is 93.1 cm³/mol. The number of nitrogens with two attached hydrogens (primary N) is 1. The largest absolute Gasteiger partial charge is 0.495 e. The lowest BCUT2D eigenvalue weighted by atomic mass is 10.2. The molecule has 0 radical (unpaired) electrons. The van der Waals surface area contributed by atoms with Gasteiger partial charge in [-0.1, -0.05) is 6.07 Å². The topological polar surface area (TPSA) is 128 Å². The highest BCUT2D eigenvalue weighted by atomic mass is 32.2. The van der Waals surface area contributed by atoms with Gasteiger partial charge in [-0.05, 0) is 36.4 Å². The van der Waals surface area contributed by atoms with E-state index in [1.165, 1.54) is 56.5 Å². The number of carbonyl (C=O) groups excluding carboxylic acids is 2. The molecule has 0 aliphatic heterocycles. The van der Waals surface area contributed by atoms with Crippen LogP contribution in [0.3, 0.4) is 0 Å². The number of benzene rings is 2. The van der Waals surface area contributed by atoms with E-state index in [0.29, 0.717) is 5.75 Å². The Labute approximate surface area is 145 Å². The summed E-state index contributed by atoms with van der Waals surface area (Å²) in [7, 11) is -2.54. The maximum atomic E-state index is 12.5. The first-order valence-electron chi connectivity index (χ1n) is 7.11. The van der Waals surface area contributed by atoms with E-state index in [0.717, 1.165) is 0 Å². The Hall–Kier alpha value is -3.07. The van der Waals surface area contributed by atoms with Crippen molar-refractivity contribution in [3.05, 3.63) is 48.0 Å². The third-order valence-corrected chi connectivity index (χ3v) is 4.57. The second-order valence-corrected chi connectivity index (χ2v) is 6.78. The van der Waals surface area contributed by atoms with Gasteiger partial charge in [-0.25, -0.2) is 8.42 Å². The quantitative estimate of drug-likeness (QED) is 0.717. The van der Waals surface area contributed by atoms with Crippen LogP contribution in [-0.2, 0) is 14.8 Å². The number of rotatable bonds is 6. The van der Waals surface area contributed by atoms with E-state index in [-0.39, 0.29) is 27.7 Å². The smallest absolute Gasteiger partial charge is 0.261 e. The van der Waals surface area contributed by atoms with Gasteiger partial charge < -0.3 is 15.8 Å². The summed E-state index contributed by atoms with van der Waals surface area (Å²) in [4.78, 5) is 22.4. The molecular formula is C16H17N3O5S. The first kappa shape index (κ1) is 18.3. The summed E-state index contributed by atoms with van der Waals surface area (Å²) >= 11 is 0. The van der Waals surface area contributed by atoms with E-state index in [9.17, 15) is 18.0 Å². The van der Waals surface area contributed by atoms with Crippen molar-refractivity contribution in [1.29, 1.82) is 0 Å². The number of sulfonamides is 1. The molecule has 0 bridgehead atoms. The Kier molecular flexibility index (Phi) is 5.28. The van der Waals surface area contributed by atoms with Gasteiger partial charge >= 0.3 is 0 Å². The van der Waals surface area contributed by atoms with Gasteiger partial charge in [0.25, 0.3) is 10.0 Å². The zero-order chi connectivity index (χ0) is 18.6. The number of nitrogens with one attached hydrogen (secondary N) is 2. The first-order valence-corrected chi connectivity index (χ1v) is 8.59. The molecule has 2 amide bonds. The highest BCUT2D eigenvalue weighted by Gasteiger charge is 2.18. The monoisotopic (exact) mass is 363 g/mol. The molecule has 0 atom stereocenters. The first-order chi connectivity index (χ1) is 11.7. The highest BCUT2D eigenvalue weighted by molar-refractivity contribution is 7.92. The minimum Gasteiger partial charge on any atom is -0.495 e. The summed E-state index contributed by atoms with van der Waals surface area (Å²) < 4.78 is 32.5. The third kappa shape index (κ3) is 4.48. The summed E-state index contributed by atoms with van der Waals surface area (Å²) in [5.41, 5.74) is 5.77. The van der Waals surface area contributed by atoms with E-state index in [2.05, 4.69) is 10.0 Å². The van der Waals surface area contributed by atoms with E-state index < -0.39 is 15.9 Å². The average molecular weight is 363 g/mol. The van der Waals surface area contributed by atoms with E-state index in [1.807, 2.05) is 0 Å². The number of methoxy groups -OCH3 is 1. The molecule has 0 saturated heterocycles. The molecule has 0 unspecified atom stereocenters. The van der Waals surface area contributed by atoms with Gasteiger partial charge in [0.15, 0.2) is 0 Å². The van der Waals surface area contributed by atoms with Gasteiger partial charge in [-0.15, -0.1) is 0 Å². The second-order valence-electron chi connectivity index (χ2n) is 5.09. The molecule has 25 heavy (non-hydrogen) atoms.